The van der Waals surface area contributed by atoms with Crippen molar-refractivity contribution in [1.29, 1.82) is 0 Å². The minimum atomic E-state index is -0.429. The third kappa shape index (κ3) is 4.05. The van der Waals surface area contributed by atoms with E-state index in [1.807, 2.05) is 0 Å². The summed E-state index contributed by atoms with van der Waals surface area (Å²) < 4.78 is 0. The van der Waals surface area contributed by atoms with Crippen molar-refractivity contribution >= 4 is 0 Å². The summed E-state index contributed by atoms with van der Waals surface area (Å²) >= 11 is 0. The van der Waals surface area contributed by atoms with Crippen LogP contribution in [-0.4, -0.2) is 29.5 Å². The van der Waals surface area contributed by atoms with E-state index in [0.717, 1.165) is 0 Å². The van der Waals surface area contributed by atoms with Gasteiger partial charge in [-0.2, -0.15) is 0 Å². The van der Waals surface area contributed by atoms with Gasteiger partial charge in [-0.05, 0) is 12.8 Å². The number of aliphatic hydroxyl groups is 2. The number of hydrogen-bond donors (Lipinski definition) is 3. The molecule has 3 heteroatoms. The smallest absolute Gasteiger partial charge is 0.0663 e. The fraction of sp³-hybridized carbons (Fsp3) is 1.00. The summed E-state index contributed by atoms with van der Waals surface area (Å²) in [6, 6.07) is 0. The molecule has 4 N–H and O–H groups in total. The Kier molecular flexibility index (Phi) is 4.95. The average molecular weight is 119 g/mol. The second-order valence-corrected chi connectivity index (χ2v) is 1.76. The molecular weight excluding hydrogens is 106 g/mol. The van der Waals surface area contributed by atoms with Gasteiger partial charge in [0, 0.05) is 13.2 Å². The van der Waals surface area contributed by atoms with Gasteiger partial charge in [-0.25, -0.2) is 0 Å². The van der Waals surface area contributed by atoms with Crippen molar-refractivity contribution in [2.45, 2.75) is 18.9 Å². The lowest BCUT2D eigenvalue weighted by Gasteiger charge is -2.03. The van der Waals surface area contributed by atoms with Crippen LogP contribution in [0.1, 0.15) is 12.8 Å². The molecule has 3 nitrogen and oxygen atoms in total. The van der Waals surface area contributed by atoms with E-state index < -0.39 is 6.10 Å². The highest BCUT2D eigenvalue weighted by molar-refractivity contribution is 4.53. The zero-order chi connectivity index (χ0) is 6.41. The molecule has 0 aromatic rings. The van der Waals surface area contributed by atoms with Crippen LogP contribution in [0.2, 0.25) is 0 Å². The first-order valence-corrected chi connectivity index (χ1v) is 2.80. The van der Waals surface area contributed by atoms with Crippen LogP contribution in [0.4, 0.5) is 0 Å². The van der Waals surface area contributed by atoms with E-state index in [9.17, 15) is 0 Å². The summed E-state index contributed by atoms with van der Waals surface area (Å²) in [5, 5.41) is 17.0. The van der Waals surface area contributed by atoms with Gasteiger partial charge in [0.1, 0.15) is 0 Å². The zero-order valence-corrected chi connectivity index (χ0v) is 4.88. The zero-order valence-electron chi connectivity index (χ0n) is 4.88. The van der Waals surface area contributed by atoms with E-state index in [0.29, 0.717) is 19.4 Å². The average Bonchev–Trinajstić information content (AvgIpc) is 1.83. The van der Waals surface area contributed by atoms with E-state index >= 15 is 0 Å². The summed E-state index contributed by atoms with van der Waals surface area (Å²) in [6.45, 7) is 0.428. The van der Waals surface area contributed by atoms with Gasteiger partial charge in [0.05, 0.1) is 6.10 Å². The van der Waals surface area contributed by atoms with Crippen molar-refractivity contribution in [1.82, 2.24) is 0 Å². The summed E-state index contributed by atoms with van der Waals surface area (Å²) in [6.07, 6.45) is 0.813. The molecule has 0 radical (unpaired) electrons. The van der Waals surface area contributed by atoms with E-state index in [1.54, 1.807) is 0 Å². The van der Waals surface area contributed by atoms with Crippen molar-refractivity contribution in [2.75, 3.05) is 13.2 Å². The molecule has 1 unspecified atom stereocenters. The Balaban J connectivity index is 2.86. The Morgan fingerprint density at radius 2 is 2.12 bits per heavy atom. The van der Waals surface area contributed by atoms with Crippen LogP contribution in [0.25, 0.3) is 0 Å². The monoisotopic (exact) mass is 119 g/mol. The summed E-state index contributed by atoms with van der Waals surface area (Å²) in [7, 11) is 0. The Hall–Kier alpha value is -0.120. The number of aliphatic hydroxyl groups excluding tert-OH is 2. The van der Waals surface area contributed by atoms with Gasteiger partial charge < -0.3 is 15.9 Å². The van der Waals surface area contributed by atoms with Crippen molar-refractivity contribution < 1.29 is 10.2 Å². The minimum Gasteiger partial charge on any atom is -0.396 e. The summed E-state index contributed by atoms with van der Waals surface area (Å²) in [5.74, 6) is 0. The first-order valence-electron chi connectivity index (χ1n) is 2.80. The molecule has 0 saturated heterocycles. The second-order valence-electron chi connectivity index (χ2n) is 1.76. The topological polar surface area (TPSA) is 66.5 Å². The molecule has 0 aliphatic carbocycles. The maximum Gasteiger partial charge on any atom is 0.0663 e. The number of hydrogen-bond acceptors (Lipinski definition) is 3. The number of rotatable bonds is 4. The third-order valence-electron chi connectivity index (χ3n) is 0.968. The largest absolute Gasteiger partial charge is 0.396 e. The van der Waals surface area contributed by atoms with Gasteiger partial charge in [0.15, 0.2) is 0 Å². The summed E-state index contributed by atoms with van der Waals surface area (Å²) in [4.78, 5) is 0. The molecule has 1 atom stereocenters. The predicted molar refractivity (Wildman–Crippen MR) is 31.4 cm³/mol. The Morgan fingerprint density at radius 3 is 2.50 bits per heavy atom. The van der Waals surface area contributed by atoms with Gasteiger partial charge in [0.25, 0.3) is 0 Å². The van der Waals surface area contributed by atoms with Crippen molar-refractivity contribution in [3.63, 3.8) is 0 Å². The van der Waals surface area contributed by atoms with Gasteiger partial charge >= 0.3 is 0 Å². The summed E-state index contributed by atoms with van der Waals surface area (Å²) in [5.41, 5.74) is 5.08. The molecule has 0 fully saturated rings. The Labute approximate surface area is 49.1 Å². The molecule has 0 bridgehead atoms. The van der Waals surface area contributed by atoms with E-state index in [2.05, 4.69) is 0 Å². The van der Waals surface area contributed by atoms with Crippen LogP contribution in [0, 0.1) is 0 Å². The normalized spacial score (nSPS) is 13.9. The third-order valence-corrected chi connectivity index (χ3v) is 0.968. The molecule has 0 heterocycles. The fourth-order valence-electron chi connectivity index (χ4n) is 0.445. The molecule has 0 amide bonds. The highest BCUT2D eigenvalue weighted by Crippen LogP contribution is 1.92. The molecule has 0 aliphatic rings. The molecular formula is C5H13NO2. The van der Waals surface area contributed by atoms with E-state index in [4.69, 9.17) is 15.9 Å². The molecule has 0 rings (SSSR count). The molecule has 0 aromatic heterocycles. The molecule has 0 spiro atoms. The Bertz CT molecular complexity index is 49.7. The first kappa shape index (κ1) is 7.88. The van der Waals surface area contributed by atoms with Gasteiger partial charge in [-0.3, -0.25) is 0 Å². The van der Waals surface area contributed by atoms with Crippen molar-refractivity contribution in [2.24, 2.45) is 5.73 Å². The van der Waals surface area contributed by atoms with Gasteiger partial charge in [-0.1, -0.05) is 0 Å². The van der Waals surface area contributed by atoms with Crippen LogP contribution in [-0.2, 0) is 0 Å². The Morgan fingerprint density at radius 1 is 1.50 bits per heavy atom. The highest BCUT2D eigenvalue weighted by Gasteiger charge is 1.97. The lowest BCUT2D eigenvalue weighted by atomic mass is 10.2. The van der Waals surface area contributed by atoms with E-state index in [-0.39, 0.29) is 6.61 Å². The standard InChI is InChI=1S/C5H13NO2/c6-4-5(8)2-1-3-7/h5,7-8H,1-4,6H2. The SMILES string of the molecule is NCC(O)CCCO. The van der Waals surface area contributed by atoms with Crippen LogP contribution < -0.4 is 5.73 Å². The molecule has 0 saturated carbocycles. The van der Waals surface area contributed by atoms with Crippen LogP contribution in [0.15, 0.2) is 0 Å². The molecule has 50 valence electrons. The van der Waals surface area contributed by atoms with Crippen molar-refractivity contribution in [3.05, 3.63) is 0 Å². The maximum absolute atomic E-state index is 8.75. The molecule has 8 heavy (non-hydrogen) atoms. The minimum absolute atomic E-state index is 0.136. The van der Waals surface area contributed by atoms with Crippen molar-refractivity contribution in [3.8, 4) is 0 Å². The van der Waals surface area contributed by atoms with Crippen LogP contribution in [0.3, 0.4) is 0 Å². The molecule has 0 aromatic carbocycles. The maximum atomic E-state index is 8.75. The predicted octanol–water partition coefficient (Wildman–Crippen LogP) is -0.922. The van der Waals surface area contributed by atoms with Gasteiger partial charge in [0.2, 0.25) is 0 Å². The van der Waals surface area contributed by atoms with Gasteiger partial charge in [-0.15, -0.1) is 0 Å². The van der Waals surface area contributed by atoms with E-state index in [1.165, 1.54) is 0 Å². The quantitative estimate of drug-likeness (QED) is 0.448. The molecule has 0 aliphatic heterocycles. The first-order chi connectivity index (χ1) is 3.81. The van der Waals surface area contributed by atoms with Crippen LogP contribution >= 0.6 is 0 Å². The lowest BCUT2D eigenvalue weighted by molar-refractivity contribution is 0.157. The highest BCUT2D eigenvalue weighted by atomic mass is 16.3. The second kappa shape index (κ2) is 5.03. The lowest BCUT2D eigenvalue weighted by Crippen LogP contribution is -2.19. The fourth-order valence-corrected chi connectivity index (χ4v) is 0.445. The van der Waals surface area contributed by atoms with Crippen LogP contribution in [0.5, 0.6) is 0 Å². The number of nitrogens with two attached hydrogens (primary N) is 1.